The van der Waals surface area contributed by atoms with E-state index in [9.17, 15) is 4.79 Å². The van der Waals surface area contributed by atoms with Crippen LogP contribution >= 0.6 is 0 Å². The first-order valence-electron chi connectivity index (χ1n) is 6.54. The SMILES string of the molecule is Cc1ncoc1C(=O)N(Cc1ccc(N)cc1)C(C)C. The second kappa shape index (κ2) is 5.77. The van der Waals surface area contributed by atoms with E-state index >= 15 is 0 Å². The van der Waals surface area contributed by atoms with Crippen LogP contribution in [0, 0.1) is 6.92 Å². The first-order chi connectivity index (χ1) is 9.49. The van der Waals surface area contributed by atoms with Gasteiger partial charge in [-0.15, -0.1) is 0 Å². The van der Waals surface area contributed by atoms with Gasteiger partial charge in [-0.1, -0.05) is 12.1 Å². The van der Waals surface area contributed by atoms with E-state index in [1.165, 1.54) is 6.39 Å². The number of aryl methyl sites for hydroxylation is 1. The molecular weight excluding hydrogens is 254 g/mol. The number of carbonyl (C=O) groups is 1. The average molecular weight is 273 g/mol. The molecule has 1 aromatic heterocycles. The highest BCUT2D eigenvalue weighted by atomic mass is 16.3. The fraction of sp³-hybridized carbons (Fsp3) is 0.333. The molecule has 5 heteroatoms. The standard InChI is InChI=1S/C15H19N3O2/c1-10(2)18(8-12-4-6-13(16)7-5-12)15(19)14-11(3)17-9-20-14/h4-7,9-10H,8,16H2,1-3H3. The topological polar surface area (TPSA) is 72.4 Å². The summed E-state index contributed by atoms with van der Waals surface area (Å²) < 4.78 is 5.19. The van der Waals surface area contributed by atoms with Gasteiger partial charge in [0.15, 0.2) is 6.39 Å². The Morgan fingerprint density at radius 2 is 2.00 bits per heavy atom. The molecule has 2 rings (SSSR count). The summed E-state index contributed by atoms with van der Waals surface area (Å²) in [5, 5.41) is 0. The lowest BCUT2D eigenvalue weighted by Crippen LogP contribution is -2.36. The van der Waals surface area contributed by atoms with Crippen molar-refractivity contribution in [3.8, 4) is 0 Å². The van der Waals surface area contributed by atoms with E-state index in [1.54, 1.807) is 11.8 Å². The molecule has 0 unspecified atom stereocenters. The Hall–Kier alpha value is -2.30. The average Bonchev–Trinajstić information content (AvgIpc) is 2.83. The zero-order valence-corrected chi connectivity index (χ0v) is 12.0. The summed E-state index contributed by atoms with van der Waals surface area (Å²) >= 11 is 0. The number of nitrogens with two attached hydrogens (primary N) is 1. The zero-order chi connectivity index (χ0) is 14.7. The summed E-state index contributed by atoms with van der Waals surface area (Å²) in [4.78, 5) is 18.2. The highest BCUT2D eigenvalue weighted by Gasteiger charge is 2.23. The molecule has 0 bridgehead atoms. The van der Waals surface area contributed by atoms with Gasteiger partial charge in [-0.25, -0.2) is 4.98 Å². The van der Waals surface area contributed by atoms with E-state index in [2.05, 4.69) is 4.98 Å². The lowest BCUT2D eigenvalue weighted by Gasteiger charge is -2.26. The van der Waals surface area contributed by atoms with Gasteiger partial charge >= 0.3 is 0 Å². The Morgan fingerprint density at radius 3 is 2.50 bits per heavy atom. The fourth-order valence-electron chi connectivity index (χ4n) is 1.95. The van der Waals surface area contributed by atoms with Gasteiger partial charge in [-0.3, -0.25) is 4.79 Å². The van der Waals surface area contributed by atoms with Crippen LogP contribution in [0.2, 0.25) is 0 Å². The third kappa shape index (κ3) is 2.99. The first kappa shape index (κ1) is 14.1. The summed E-state index contributed by atoms with van der Waals surface area (Å²) in [6.07, 6.45) is 1.30. The summed E-state index contributed by atoms with van der Waals surface area (Å²) in [5.74, 6) is 0.154. The first-order valence-corrected chi connectivity index (χ1v) is 6.54. The third-order valence-corrected chi connectivity index (χ3v) is 3.16. The lowest BCUT2D eigenvalue weighted by molar-refractivity contribution is 0.0656. The highest BCUT2D eigenvalue weighted by Crippen LogP contribution is 2.16. The molecule has 0 radical (unpaired) electrons. The molecule has 0 fully saturated rings. The minimum atomic E-state index is -0.146. The Bertz CT molecular complexity index is 587. The number of rotatable bonds is 4. The van der Waals surface area contributed by atoms with Crippen molar-refractivity contribution < 1.29 is 9.21 Å². The molecule has 2 aromatic rings. The van der Waals surface area contributed by atoms with Crippen LogP contribution in [0.1, 0.15) is 35.7 Å². The molecule has 0 aliphatic heterocycles. The predicted molar refractivity (Wildman–Crippen MR) is 77.1 cm³/mol. The summed E-state index contributed by atoms with van der Waals surface area (Å²) in [6.45, 7) is 6.22. The quantitative estimate of drug-likeness (QED) is 0.869. The minimum Gasteiger partial charge on any atom is -0.438 e. The number of hydrogen-bond acceptors (Lipinski definition) is 4. The monoisotopic (exact) mass is 273 g/mol. The van der Waals surface area contributed by atoms with Crippen molar-refractivity contribution >= 4 is 11.6 Å². The molecular formula is C15H19N3O2. The van der Waals surface area contributed by atoms with Crippen molar-refractivity contribution in [3.05, 3.63) is 47.7 Å². The Kier molecular flexibility index (Phi) is 4.08. The van der Waals surface area contributed by atoms with Gasteiger partial charge in [0.1, 0.15) is 0 Å². The number of benzene rings is 1. The van der Waals surface area contributed by atoms with Crippen molar-refractivity contribution in [2.75, 3.05) is 5.73 Å². The van der Waals surface area contributed by atoms with Gasteiger partial charge in [0.25, 0.3) is 5.91 Å². The maximum Gasteiger partial charge on any atom is 0.292 e. The van der Waals surface area contributed by atoms with Gasteiger partial charge in [0.05, 0.1) is 5.69 Å². The van der Waals surface area contributed by atoms with E-state index in [1.807, 2.05) is 38.1 Å². The molecule has 20 heavy (non-hydrogen) atoms. The zero-order valence-electron chi connectivity index (χ0n) is 12.0. The molecule has 0 saturated carbocycles. The molecule has 106 valence electrons. The second-order valence-electron chi connectivity index (χ2n) is 5.04. The van der Waals surface area contributed by atoms with Crippen molar-refractivity contribution in [2.45, 2.75) is 33.4 Å². The fourth-order valence-corrected chi connectivity index (χ4v) is 1.95. The molecule has 1 heterocycles. The normalized spacial score (nSPS) is 10.8. The number of carbonyl (C=O) groups excluding carboxylic acids is 1. The van der Waals surface area contributed by atoms with Crippen molar-refractivity contribution in [2.24, 2.45) is 0 Å². The number of nitrogen functional groups attached to an aromatic ring is 1. The van der Waals surface area contributed by atoms with Crippen LogP contribution in [0.5, 0.6) is 0 Å². The number of amides is 1. The summed E-state index contributed by atoms with van der Waals surface area (Å²) in [7, 11) is 0. The van der Waals surface area contributed by atoms with Crippen LogP contribution in [-0.4, -0.2) is 21.8 Å². The van der Waals surface area contributed by atoms with E-state index in [0.29, 0.717) is 23.7 Å². The van der Waals surface area contributed by atoms with E-state index < -0.39 is 0 Å². The maximum atomic E-state index is 12.5. The number of aromatic nitrogens is 1. The Balaban J connectivity index is 2.21. The molecule has 0 atom stereocenters. The van der Waals surface area contributed by atoms with Crippen molar-refractivity contribution in [1.29, 1.82) is 0 Å². The van der Waals surface area contributed by atoms with E-state index in [4.69, 9.17) is 10.2 Å². The predicted octanol–water partition coefficient (Wildman–Crippen LogP) is 2.62. The van der Waals surface area contributed by atoms with Gasteiger partial charge in [-0.05, 0) is 38.5 Å². The van der Waals surface area contributed by atoms with Crippen LogP contribution in [0.25, 0.3) is 0 Å². The molecule has 1 aromatic carbocycles. The second-order valence-corrected chi connectivity index (χ2v) is 5.04. The molecule has 2 N–H and O–H groups in total. The van der Waals surface area contributed by atoms with Crippen LogP contribution < -0.4 is 5.73 Å². The Labute approximate surface area is 118 Å². The van der Waals surface area contributed by atoms with Gasteiger partial charge in [0.2, 0.25) is 5.76 Å². The summed E-state index contributed by atoms with van der Waals surface area (Å²) in [6, 6.07) is 7.57. The lowest BCUT2D eigenvalue weighted by atomic mass is 10.1. The van der Waals surface area contributed by atoms with Crippen LogP contribution in [0.3, 0.4) is 0 Å². The largest absolute Gasteiger partial charge is 0.438 e. The van der Waals surface area contributed by atoms with Crippen LogP contribution in [0.4, 0.5) is 5.69 Å². The molecule has 0 aliphatic carbocycles. The minimum absolute atomic E-state index is 0.0598. The number of oxazole rings is 1. The van der Waals surface area contributed by atoms with Crippen LogP contribution in [-0.2, 0) is 6.54 Å². The summed E-state index contributed by atoms with van der Waals surface area (Å²) in [5.41, 5.74) is 8.02. The van der Waals surface area contributed by atoms with Gasteiger partial charge < -0.3 is 15.1 Å². The number of anilines is 1. The van der Waals surface area contributed by atoms with Gasteiger partial charge in [0, 0.05) is 18.3 Å². The third-order valence-electron chi connectivity index (χ3n) is 3.16. The highest BCUT2D eigenvalue weighted by molar-refractivity contribution is 5.92. The number of nitrogens with zero attached hydrogens (tertiary/aromatic N) is 2. The van der Waals surface area contributed by atoms with Gasteiger partial charge in [-0.2, -0.15) is 0 Å². The van der Waals surface area contributed by atoms with Crippen molar-refractivity contribution in [1.82, 2.24) is 9.88 Å². The molecule has 0 aliphatic rings. The Morgan fingerprint density at radius 1 is 1.35 bits per heavy atom. The van der Waals surface area contributed by atoms with Crippen LogP contribution in [0.15, 0.2) is 35.1 Å². The smallest absolute Gasteiger partial charge is 0.292 e. The molecule has 1 amide bonds. The molecule has 0 spiro atoms. The van der Waals surface area contributed by atoms with E-state index in [-0.39, 0.29) is 11.9 Å². The number of hydrogen-bond donors (Lipinski definition) is 1. The van der Waals surface area contributed by atoms with Crippen molar-refractivity contribution in [3.63, 3.8) is 0 Å². The molecule has 0 saturated heterocycles. The maximum absolute atomic E-state index is 12.5. The molecule has 5 nitrogen and oxygen atoms in total. The van der Waals surface area contributed by atoms with E-state index in [0.717, 1.165) is 5.56 Å².